The molecule has 0 aromatic heterocycles. The molecule has 1 unspecified atom stereocenters. The van der Waals surface area contributed by atoms with Crippen LogP contribution in [0.2, 0.25) is 0 Å². The third kappa shape index (κ3) is 4.11. The maximum absolute atomic E-state index is 5.26. The average molecular weight is 235 g/mol. The van der Waals surface area contributed by atoms with Crippen LogP contribution in [0.15, 0.2) is 30.9 Å². The maximum Gasteiger partial charge on any atom is 0.160 e. The largest absolute Gasteiger partial charge is 0.493 e. The molecule has 94 valence electrons. The molecule has 17 heavy (non-hydrogen) atoms. The van der Waals surface area contributed by atoms with E-state index in [-0.39, 0.29) is 0 Å². The predicted molar refractivity (Wildman–Crippen MR) is 70.9 cm³/mol. The van der Waals surface area contributed by atoms with Crippen molar-refractivity contribution in [1.82, 2.24) is 5.32 Å². The van der Waals surface area contributed by atoms with E-state index in [1.54, 1.807) is 14.2 Å². The van der Waals surface area contributed by atoms with Crippen molar-refractivity contribution < 1.29 is 9.47 Å². The van der Waals surface area contributed by atoms with Gasteiger partial charge in [0, 0.05) is 6.04 Å². The standard InChI is InChI=1S/C14H21NO2/c1-5-11(2)15-9-8-12-6-7-13(16-3)14(10-12)17-4/h5-7,10-11,15H,1,8-9H2,2-4H3. The molecule has 0 radical (unpaired) electrons. The highest BCUT2D eigenvalue weighted by Crippen LogP contribution is 2.27. The molecule has 0 heterocycles. The zero-order valence-corrected chi connectivity index (χ0v) is 10.8. The monoisotopic (exact) mass is 235 g/mol. The summed E-state index contributed by atoms with van der Waals surface area (Å²) in [4.78, 5) is 0. The summed E-state index contributed by atoms with van der Waals surface area (Å²) >= 11 is 0. The van der Waals surface area contributed by atoms with E-state index >= 15 is 0 Å². The smallest absolute Gasteiger partial charge is 0.160 e. The van der Waals surface area contributed by atoms with E-state index in [9.17, 15) is 0 Å². The van der Waals surface area contributed by atoms with Crippen LogP contribution in [0.1, 0.15) is 12.5 Å². The number of methoxy groups -OCH3 is 2. The topological polar surface area (TPSA) is 30.5 Å². The van der Waals surface area contributed by atoms with Crippen LogP contribution in [0.25, 0.3) is 0 Å². The van der Waals surface area contributed by atoms with Gasteiger partial charge in [0.25, 0.3) is 0 Å². The third-order valence-electron chi connectivity index (χ3n) is 2.68. The van der Waals surface area contributed by atoms with Gasteiger partial charge in [-0.2, -0.15) is 0 Å². The molecule has 1 aromatic carbocycles. The van der Waals surface area contributed by atoms with E-state index in [1.807, 2.05) is 18.2 Å². The lowest BCUT2D eigenvalue weighted by molar-refractivity contribution is 0.354. The Morgan fingerprint density at radius 2 is 2.00 bits per heavy atom. The molecular weight excluding hydrogens is 214 g/mol. The maximum atomic E-state index is 5.26. The van der Waals surface area contributed by atoms with Crippen molar-refractivity contribution in [2.24, 2.45) is 0 Å². The van der Waals surface area contributed by atoms with Gasteiger partial charge in [0.05, 0.1) is 14.2 Å². The van der Waals surface area contributed by atoms with Crippen LogP contribution in [-0.2, 0) is 6.42 Å². The van der Waals surface area contributed by atoms with Crippen molar-refractivity contribution in [3.8, 4) is 11.5 Å². The molecule has 0 bridgehead atoms. The summed E-state index contributed by atoms with van der Waals surface area (Å²) in [7, 11) is 3.30. The lowest BCUT2D eigenvalue weighted by Crippen LogP contribution is -2.25. The molecule has 1 aromatic rings. The summed E-state index contributed by atoms with van der Waals surface area (Å²) in [6.45, 7) is 6.74. The van der Waals surface area contributed by atoms with Crippen molar-refractivity contribution in [3.05, 3.63) is 36.4 Å². The molecule has 0 aliphatic carbocycles. The summed E-state index contributed by atoms with van der Waals surface area (Å²) < 4.78 is 10.5. The van der Waals surface area contributed by atoms with Crippen LogP contribution >= 0.6 is 0 Å². The van der Waals surface area contributed by atoms with Crippen molar-refractivity contribution in [2.45, 2.75) is 19.4 Å². The van der Waals surface area contributed by atoms with Crippen molar-refractivity contribution >= 4 is 0 Å². The van der Waals surface area contributed by atoms with Gasteiger partial charge in [0.15, 0.2) is 11.5 Å². The van der Waals surface area contributed by atoms with Crippen LogP contribution in [0.4, 0.5) is 0 Å². The minimum Gasteiger partial charge on any atom is -0.493 e. The minimum absolute atomic E-state index is 0.343. The molecule has 0 aliphatic heterocycles. The van der Waals surface area contributed by atoms with Crippen LogP contribution in [-0.4, -0.2) is 26.8 Å². The van der Waals surface area contributed by atoms with Crippen molar-refractivity contribution in [1.29, 1.82) is 0 Å². The summed E-state index contributed by atoms with van der Waals surface area (Å²) in [6.07, 6.45) is 2.85. The predicted octanol–water partition coefficient (Wildman–Crippen LogP) is 2.41. The lowest BCUT2D eigenvalue weighted by atomic mass is 10.1. The van der Waals surface area contributed by atoms with Gasteiger partial charge in [-0.1, -0.05) is 12.1 Å². The van der Waals surface area contributed by atoms with Crippen molar-refractivity contribution in [3.63, 3.8) is 0 Å². The first-order chi connectivity index (χ1) is 8.21. The zero-order valence-electron chi connectivity index (χ0n) is 10.8. The summed E-state index contributed by atoms with van der Waals surface area (Å²) in [5.41, 5.74) is 1.23. The normalized spacial score (nSPS) is 11.9. The SMILES string of the molecule is C=CC(C)NCCc1ccc(OC)c(OC)c1. The van der Waals surface area contributed by atoms with Gasteiger partial charge < -0.3 is 14.8 Å². The Morgan fingerprint density at radius 1 is 1.29 bits per heavy atom. The summed E-state index contributed by atoms with van der Waals surface area (Å²) in [5.74, 6) is 1.55. The second-order valence-corrected chi connectivity index (χ2v) is 3.92. The molecule has 3 heteroatoms. The molecule has 0 saturated carbocycles. The fourth-order valence-corrected chi connectivity index (χ4v) is 1.56. The summed E-state index contributed by atoms with van der Waals surface area (Å²) in [6, 6.07) is 6.35. The molecule has 0 spiro atoms. The Labute approximate surface area is 103 Å². The van der Waals surface area contributed by atoms with E-state index in [2.05, 4.69) is 24.9 Å². The second-order valence-electron chi connectivity index (χ2n) is 3.92. The molecule has 0 aliphatic rings. The molecule has 1 rings (SSSR count). The van der Waals surface area contributed by atoms with Crippen LogP contribution in [0, 0.1) is 0 Å². The number of ether oxygens (including phenoxy) is 2. The highest BCUT2D eigenvalue weighted by atomic mass is 16.5. The number of rotatable bonds is 7. The number of hydrogen-bond donors (Lipinski definition) is 1. The Bertz CT molecular complexity index is 363. The van der Waals surface area contributed by atoms with Gasteiger partial charge in [-0.05, 0) is 37.6 Å². The van der Waals surface area contributed by atoms with Gasteiger partial charge in [-0.15, -0.1) is 6.58 Å². The van der Waals surface area contributed by atoms with Gasteiger partial charge in [-0.25, -0.2) is 0 Å². The van der Waals surface area contributed by atoms with Crippen molar-refractivity contribution in [2.75, 3.05) is 20.8 Å². The minimum atomic E-state index is 0.343. The molecule has 0 amide bonds. The van der Waals surface area contributed by atoms with E-state index in [4.69, 9.17) is 9.47 Å². The Hall–Kier alpha value is -1.48. The van der Waals surface area contributed by atoms with Gasteiger partial charge in [0.1, 0.15) is 0 Å². The van der Waals surface area contributed by atoms with Crippen LogP contribution < -0.4 is 14.8 Å². The number of benzene rings is 1. The van der Waals surface area contributed by atoms with Gasteiger partial charge >= 0.3 is 0 Å². The zero-order chi connectivity index (χ0) is 12.7. The molecule has 1 N–H and O–H groups in total. The quantitative estimate of drug-likeness (QED) is 0.736. The van der Waals surface area contributed by atoms with E-state index < -0.39 is 0 Å². The highest BCUT2D eigenvalue weighted by Gasteiger charge is 2.04. The van der Waals surface area contributed by atoms with Crippen LogP contribution in [0.5, 0.6) is 11.5 Å². The lowest BCUT2D eigenvalue weighted by Gasteiger charge is -2.11. The molecular formula is C14H21NO2. The third-order valence-corrected chi connectivity index (χ3v) is 2.68. The Balaban J connectivity index is 2.57. The number of nitrogens with one attached hydrogen (secondary N) is 1. The number of hydrogen-bond acceptors (Lipinski definition) is 3. The van der Waals surface area contributed by atoms with E-state index in [0.717, 1.165) is 24.5 Å². The second kappa shape index (κ2) is 6.97. The van der Waals surface area contributed by atoms with E-state index in [0.29, 0.717) is 6.04 Å². The highest BCUT2D eigenvalue weighted by molar-refractivity contribution is 5.42. The molecule has 0 saturated heterocycles. The first-order valence-electron chi connectivity index (χ1n) is 5.78. The first-order valence-corrected chi connectivity index (χ1v) is 5.78. The fraction of sp³-hybridized carbons (Fsp3) is 0.429. The van der Waals surface area contributed by atoms with Gasteiger partial charge in [-0.3, -0.25) is 0 Å². The molecule has 1 atom stereocenters. The average Bonchev–Trinajstić information content (AvgIpc) is 2.38. The van der Waals surface area contributed by atoms with E-state index in [1.165, 1.54) is 5.56 Å². The Morgan fingerprint density at radius 3 is 2.59 bits per heavy atom. The molecule has 0 fully saturated rings. The molecule has 3 nitrogen and oxygen atoms in total. The van der Waals surface area contributed by atoms with Gasteiger partial charge in [0.2, 0.25) is 0 Å². The summed E-state index contributed by atoms with van der Waals surface area (Å²) in [5, 5.41) is 3.36. The fourth-order valence-electron chi connectivity index (χ4n) is 1.56. The Kier molecular flexibility index (Phi) is 5.57. The van der Waals surface area contributed by atoms with Crippen LogP contribution in [0.3, 0.4) is 0 Å². The first kappa shape index (κ1) is 13.6.